The summed E-state index contributed by atoms with van der Waals surface area (Å²) in [5.74, 6) is 2.27. The van der Waals surface area contributed by atoms with E-state index in [0.717, 1.165) is 32.2 Å². The molecule has 2 unspecified atom stereocenters. The lowest BCUT2D eigenvalue weighted by molar-refractivity contribution is 0.107. The number of halogens is 2. The molecule has 2 aromatic heterocycles. The number of nitrogens with one attached hydrogen (secondary N) is 2. The number of benzene rings is 2. The van der Waals surface area contributed by atoms with E-state index in [1.807, 2.05) is 0 Å². The largest absolute Gasteiger partial charge is 0.508 e. The van der Waals surface area contributed by atoms with Gasteiger partial charge in [-0.3, -0.25) is 9.69 Å². The second-order valence-electron chi connectivity index (χ2n) is 12.7. The van der Waals surface area contributed by atoms with Gasteiger partial charge < -0.3 is 25.0 Å². The Morgan fingerprint density at radius 2 is 1.95 bits per heavy atom. The molecular formula is C33H32F2N6O3. The lowest BCUT2D eigenvalue weighted by atomic mass is 9.95. The van der Waals surface area contributed by atoms with E-state index in [-0.39, 0.29) is 29.5 Å². The second-order valence-corrected chi connectivity index (χ2v) is 12.7. The van der Waals surface area contributed by atoms with Gasteiger partial charge >= 0.3 is 6.01 Å². The summed E-state index contributed by atoms with van der Waals surface area (Å²) < 4.78 is 35.5. The third-order valence-corrected chi connectivity index (χ3v) is 9.89. The Balaban J connectivity index is 1.28. The fourth-order valence-electron chi connectivity index (χ4n) is 7.96. The van der Waals surface area contributed by atoms with Gasteiger partial charge in [0.2, 0.25) is 0 Å². The Kier molecular flexibility index (Phi) is 6.29. The van der Waals surface area contributed by atoms with Crippen LogP contribution < -0.4 is 20.5 Å². The third kappa shape index (κ3) is 4.39. The normalized spacial score (nSPS) is 26.4. The molecule has 44 heavy (non-hydrogen) atoms. The number of terminal acetylenes is 1. The van der Waals surface area contributed by atoms with Crippen molar-refractivity contribution in [2.75, 3.05) is 37.7 Å². The topological polar surface area (TPSA) is 107 Å². The molecule has 0 amide bonds. The number of piperazine rings is 1. The minimum absolute atomic E-state index is 0.0326. The molecule has 0 spiro atoms. The number of H-pyrrole nitrogens is 1. The summed E-state index contributed by atoms with van der Waals surface area (Å²) >= 11 is 0. The number of ether oxygens (including phenoxy) is 1. The number of phenols is 1. The summed E-state index contributed by atoms with van der Waals surface area (Å²) in [4.78, 5) is 30.6. The Bertz CT molecular complexity index is 1910. The third-order valence-electron chi connectivity index (χ3n) is 9.89. The van der Waals surface area contributed by atoms with Crippen LogP contribution in [0.2, 0.25) is 0 Å². The van der Waals surface area contributed by atoms with E-state index >= 15 is 0 Å². The molecule has 2 bridgehead atoms. The van der Waals surface area contributed by atoms with Crippen LogP contribution >= 0.6 is 0 Å². The summed E-state index contributed by atoms with van der Waals surface area (Å²) in [6.45, 7) is 2.88. The number of pyridine rings is 1. The van der Waals surface area contributed by atoms with Crippen LogP contribution in [-0.4, -0.2) is 81.5 Å². The van der Waals surface area contributed by atoms with Crippen molar-refractivity contribution in [1.82, 2.24) is 25.2 Å². The highest BCUT2D eigenvalue weighted by atomic mass is 19.1. The standard InChI is InChI=1S/C33H32F2N6O3/c1-2-23-25(35)7-4-18-10-22(42)11-24(28(18)23)26-12-27-29(31(43)37-26)30(40-15-20-5-6-21(16-40)36-20)39-32(38-27)44-17-33-8-3-9-41(33)14-19(34)13-33/h1,4,7,10-12,19-21,36,42H,3,5-6,8-9,13-17H2,(H,37,43)/t19-,20?,21?,33+/m1/s1. The molecule has 11 heteroatoms. The van der Waals surface area contributed by atoms with Crippen LogP contribution in [0.15, 0.2) is 35.1 Å². The Morgan fingerprint density at radius 1 is 1.14 bits per heavy atom. The minimum Gasteiger partial charge on any atom is -0.508 e. The maximum atomic E-state index is 14.8. The van der Waals surface area contributed by atoms with Crippen molar-refractivity contribution in [3.63, 3.8) is 0 Å². The highest BCUT2D eigenvalue weighted by Gasteiger charge is 2.49. The van der Waals surface area contributed by atoms with Gasteiger partial charge in [-0.05, 0) is 61.9 Å². The van der Waals surface area contributed by atoms with Gasteiger partial charge in [0.25, 0.3) is 5.56 Å². The average molecular weight is 599 g/mol. The Hall–Kier alpha value is -4.27. The summed E-state index contributed by atoms with van der Waals surface area (Å²) in [5, 5.41) is 15.4. The van der Waals surface area contributed by atoms with Crippen molar-refractivity contribution < 1.29 is 18.6 Å². The Morgan fingerprint density at radius 3 is 2.75 bits per heavy atom. The van der Waals surface area contributed by atoms with E-state index in [1.165, 1.54) is 24.3 Å². The fraction of sp³-hybridized carbons (Fsp3) is 0.424. The summed E-state index contributed by atoms with van der Waals surface area (Å²) in [5.41, 5.74) is 0.261. The average Bonchev–Trinajstić information content (AvgIpc) is 3.65. The molecule has 4 aliphatic rings. The van der Waals surface area contributed by atoms with Gasteiger partial charge in [0, 0.05) is 49.1 Å². The lowest BCUT2D eigenvalue weighted by Crippen LogP contribution is -2.51. The molecule has 3 N–H and O–H groups in total. The monoisotopic (exact) mass is 598 g/mol. The molecule has 4 saturated heterocycles. The fourth-order valence-corrected chi connectivity index (χ4v) is 7.96. The molecule has 8 rings (SSSR count). The predicted molar refractivity (Wildman–Crippen MR) is 163 cm³/mol. The number of hydrogen-bond acceptors (Lipinski definition) is 8. The van der Waals surface area contributed by atoms with Crippen LogP contribution in [0, 0.1) is 18.2 Å². The second kappa shape index (κ2) is 10.1. The molecule has 4 aromatic rings. The zero-order valence-corrected chi connectivity index (χ0v) is 24.1. The van der Waals surface area contributed by atoms with E-state index in [0.29, 0.717) is 76.9 Å². The lowest BCUT2D eigenvalue weighted by Gasteiger charge is -2.34. The molecule has 4 atom stereocenters. The summed E-state index contributed by atoms with van der Waals surface area (Å²) in [6, 6.07) is 8.15. The molecule has 226 valence electrons. The molecular weight excluding hydrogens is 566 g/mol. The number of anilines is 1. The number of aromatic nitrogens is 3. The van der Waals surface area contributed by atoms with Crippen molar-refractivity contribution >= 4 is 27.5 Å². The van der Waals surface area contributed by atoms with Crippen LogP contribution in [0.5, 0.6) is 11.8 Å². The van der Waals surface area contributed by atoms with Crippen LogP contribution in [0.25, 0.3) is 32.9 Å². The van der Waals surface area contributed by atoms with E-state index in [4.69, 9.17) is 21.1 Å². The summed E-state index contributed by atoms with van der Waals surface area (Å²) in [7, 11) is 0. The van der Waals surface area contributed by atoms with Crippen LogP contribution in [0.4, 0.5) is 14.6 Å². The summed E-state index contributed by atoms with van der Waals surface area (Å²) in [6.07, 6.45) is 9.16. The van der Waals surface area contributed by atoms with E-state index in [1.54, 1.807) is 6.07 Å². The van der Waals surface area contributed by atoms with Crippen LogP contribution in [-0.2, 0) is 0 Å². The first-order valence-corrected chi connectivity index (χ1v) is 15.2. The zero-order chi connectivity index (χ0) is 30.2. The number of hydrogen-bond donors (Lipinski definition) is 3. The first-order chi connectivity index (χ1) is 21.3. The van der Waals surface area contributed by atoms with Crippen molar-refractivity contribution in [2.45, 2.75) is 55.9 Å². The molecule has 2 aromatic carbocycles. The number of alkyl halides is 1. The van der Waals surface area contributed by atoms with Gasteiger partial charge in [0.1, 0.15) is 35.5 Å². The maximum absolute atomic E-state index is 14.8. The van der Waals surface area contributed by atoms with Gasteiger partial charge in [0.15, 0.2) is 0 Å². The number of aromatic hydroxyl groups is 1. The molecule has 4 aliphatic heterocycles. The van der Waals surface area contributed by atoms with Gasteiger partial charge in [0.05, 0.1) is 22.3 Å². The molecule has 0 radical (unpaired) electrons. The van der Waals surface area contributed by atoms with Crippen LogP contribution in [0.3, 0.4) is 0 Å². The van der Waals surface area contributed by atoms with Crippen molar-refractivity contribution in [3.05, 3.63) is 52.1 Å². The number of rotatable bonds is 5. The molecule has 6 heterocycles. The minimum atomic E-state index is -0.890. The highest BCUT2D eigenvalue weighted by molar-refractivity contribution is 6.02. The van der Waals surface area contributed by atoms with E-state index in [2.05, 4.69) is 26.0 Å². The van der Waals surface area contributed by atoms with Gasteiger partial charge in [-0.1, -0.05) is 12.0 Å². The quantitative estimate of drug-likeness (QED) is 0.298. The molecule has 0 saturated carbocycles. The van der Waals surface area contributed by atoms with Gasteiger partial charge in [-0.25, -0.2) is 8.78 Å². The number of aromatic amines is 1. The maximum Gasteiger partial charge on any atom is 0.319 e. The van der Waals surface area contributed by atoms with Crippen molar-refractivity contribution in [2.24, 2.45) is 0 Å². The van der Waals surface area contributed by atoms with Gasteiger partial charge in [-0.15, -0.1) is 6.42 Å². The smallest absolute Gasteiger partial charge is 0.319 e. The molecule has 9 nitrogen and oxygen atoms in total. The SMILES string of the molecule is C#Cc1c(F)ccc2cc(O)cc(-c3cc4nc(OC[C@@]56CCCN5C[C@H](F)C6)nc(N5CC6CCC(C5)N6)c4c(=O)[nH]3)c12. The highest BCUT2D eigenvalue weighted by Crippen LogP contribution is 2.41. The van der Waals surface area contributed by atoms with E-state index in [9.17, 15) is 18.7 Å². The van der Waals surface area contributed by atoms with E-state index < -0.39 is 17.5 Å². The molecule has 4 fully saturated rings. The first kappa shape index (κ1) is 27.3. The number of phenolic OH excluding ortho intramolecular Hbond substituents is 1. The molecule has 0 aliphatic carbocycles. The van der Waals surface area contributed by atoms with Crippen molar-refractivity contribution in [1.29, 1.82) is 0 Å². The van der Waals surface area contributed by atoms with Gasteiger partial charge in [-0.2, -0.15) is 9.97 Å². The number of nitrogens with zero attached hydrogens (tertiary/aromatic N) is 4. The first-order valence-electron chi connectivity index (χ1n) is 15.2. The predicted octanol–water partition coefficient (Wildman–Crippen LogP) is 3.86. The Labute approximate surface area is 252 Å². The number of fused-ring (bicyclic) bond motifs is 5. The van der Waals surface area contributed by atoms with Crippen molar-refractivity contribution in [3.8, 4) is 35.4 Å². The van der Waals surface area contributed by atoms with Crippen LogP contribution in [0.1, 0.15) is 37.7 Å². The zero-order valence-electron chi connectivity index (χ0n) is 24.1.